The number of nitrogens with two attached hydrogens (primary N) is 2. The van der Waals surface area contributed by atoms with Crippen LogP contribution in [-0.4, -0.2) is 16.7 Å². The van der Waals surface area contributed by atoms with Crippen LogP contribution in [-0.2, 0) is 0 Å². The number of nitrogens with zero attached hydrogens (tertiary/aromatic N) is 2. The van der Waals surface area contributed by atoms with Crippen molar-refractivity contribution in [1.82, 2.24) is 0 Å². The standard InChI is InChI=1S/C16H17N5S/c1-11-7-5-6-10-13(11)19-15(22)14(20-21-16(17)18)12-8-3-2-4-9-12/h2-10H,1H3,(H,19,22)(H4,17,18,21)/b20-14-. The van der Waals surface area contributed by atoms with E-state index in [4.69, 9.17) is 23.7 Å². The largest absolute Gasteiger partial charge is 0.369 e. The van der Waals surface area contributed by atoms with E-state index >= 15 is 0 Å². The molecule has 0 saturated heterocycles. The molecule has 5 N–H and O–H groups in total. The van der Waals surface area contributed by atoms with Crippen LogP contribution >= 0.6 is 12.2 Å². The fourth-order valence-electron chi connectivity index (χ4n) is 1.83. The molecule has 2 aromatic carbocycles. The minimum atomic E-state index is -0.118. The van der Waals surface area contributed by atoms with E-state index in [1.165, 1.54) is 0 Å². The molecule has 2 aromatic rings. The second-order valence-corrected chi connectivity index (χ2v) is 5.02. The van der Waals surface area contributed by atoms with Crippen molar-refractivity contribution in [2.75, 3.05) is 5.32 Å². The molecule has 0 saturated carbocycles. The molecule has 0 atom stereocenters. The summed E-state index contributed by atoms with van der Waals surface area (Å²) in [6.45, 7) is 2.00. The highest BCUT2D eigenvalue weighted by atomic mass is 32.1. The van der Waals surface area contributed by atoms with Crippen LogP contribution in [0, 0.1) is 6.92 Å². The van der Waals surface area contributed by atoms with Gasteiger partial charge in [-0.05, 0) is 18.6 Å². The van der Waals surface area contributed by atoms with E-state index in [1.54, 1.807) is 0 Å². The molecule has 0 amide bonds. The number of benzene rings is 2. The van der Waals surface area contributed by atoms with E-state index in [0.29, 0.717) is 10.7 Å². The summed E-state index contributed by atoms with van der Waals surface area (Å²) in [5.74, 6) is -0.118. The number of para-hydroxylation sites is 1. The Kier molecular flexibility index (Phi) is 5.21. The van der Waals surface area contributed by atoms with Gasteiger partial charge in [0, 0.05) is 11.3 Å². The van der Waals surface area contributed by atoms with E-state index < -0.39 is 0 Å². The highest BCUT2D eigenvalue weighted by Crippen LogP contribution is 2.15. The van der Waals surface area contributed by atoms with E-state index in [-0.39, 0.29) is 5.96 Å². The molecule has 0 radical (unpaired) electrons. The van der Waals surface area contributed by atoms with Gasteiger partial charge in [0.25, 0.3) is 0 Å². The normalized spacial score (nSPS) is 10.9. The zero-order chi connectivity index (χ0) is 15.9. The van der Waals surface area contributed by atoms with Gasteiger partial charge in [0.1, 0.15) is 10.7 Å². The number of aryl methyl sites for hydroxylation is 1. The van der Waals surface area contributed by atoms with Crippen LogP contribution in [0.1, 0.15) is 11.1 Å². The Labute approximate surface area is 134 Å². The van der Waals surface area contributed by atoms with Crippen molar-refractivity contribution in [3.05, 3.63) is 65.7 Å². The first-order chi connectivity index (χ1) is 10.6. The molecule has 0 aliphatic rings. The van der Waals surface area contributed by atoms with Gasteiger partial charge >= 0.3 is 0 Å². The Hall–Kier alpha value is -2.73. The molecule has 5 nitrogen and oxygen atoms in total. The molecule has 0 bridgehead atoms. The van der Waals surface area contributed by atoms with Crippen LogP contribution in [0.25, 0.3) is 0 Å². The van der Waals surface area contributed by atoms with Crippen molar-refractivity contribution in [3.8, 4) is 0 Å². The Morgan fingerprint density at radius 3 is 2.23 bits per heavy atom. The Morgan fingerprint density at radius 1 is 0.955 bits per heavy atom. The number of guanidine groups is 1. The minimum Gasteiger partial charge on any atom is -0.369 e. The molecule has 2 rings (SSSR count). The highest BCUT2D eigenvalue weighted by Gasteiger charge is 2.11. The van der Waals surface area contributed by atoms with Gasteiger partial charge in [-0.2, -0.15) is 0 Å². The third-order valence-electron chi connectivity index (χ3n) is 2.92. The molecule has 0 aliphatic carbocycles. The fourth-order valence-corrected chi connectivity index (χ4v) is 2.10. The van der Waals surface area contributed by atoms with Crippen molar-refractivity contribution >= 4 is 34.6 Å². The van der Waals surface area contributed by atoms with Crippen molar-refractivity contribution in [3.63, 3.8) is 0 Å². The maximum Gasteiger partial charge on any atom is 0.211 e. The maximum atomic E-state index is 5.46. The van der Waals surface area contributed by atoms with Crippen LogP contribution in [0.3, 0.4) is 0 Å². The Bertz CT molecular complexity index is 718. The van der Waals surface area contributed by atoms with Crippen LogP contribution in [0.15, 0.2) is 64.8 Å². The highest BCUT2D eigenvalue weighted by molar-refractivity contribution is 7.82. The summed E-state index contributed by atoms with van der Waals surface area (Å²) in [6.07, 6.45) is 0. The topological polar surface area (TPSA) is 88.8 Å². The van der Waals surface area contributed by atoms with Crippen LogP contribution in [0.5, 0.6) is 0 Å². The summed E-state index contributed by atoms with van der Waals surface area (Å²) in [4.78, 5) is 0.450. The van der Waals surface area contributed by atoms with Gasteiger partial charge in [0.2, 0.25) is 5.96 Å². The van der Waals surface area contributed by atoms with Gasteiger partial charge in [-0.15, -0.1) is 10.2 Å². The van der Waals surface area contributed by atoms with Gasteiger partial charge in [0.15, 0.2) is 0 Å². The summed E-state index contributed by atoms with van der Waals surface area (Å²) in [5.41, 5.74) is 14.0. The van der Waals surface area contributed by atoms with E-state index in [9.17, 15) is 0 Å². The Morgan fingerprint density at radius 2 is 1.59 bits per heavy atom. The lowest BCUT2D eigenvalue weighted by molar-refractivity contribution is 1.21. The fraction of sp³-hybridized carbons (Fsp3) is 0.0625. The lowest BCUT2D eigenvalue weighted by Gasteiger charge is -2.12. The third-order valence-corrected chi connectivity index (χ3v) is 3.22. The monoisotopic (exact) mass is 311 g/mol. The second-order valence-electron chi connectivity index (χ2n) is 4.61. The number of hydrogen-bond acceptors (Lipinski definition) is 3. The molecule has 0 heterocycles. The van der Waals surface area contributed by atoms with Gasteiger partial charge in [-0.25, -0.2) is 0 Å². The van der Waals surface area contributed by atoms with Gasteiger partial charge in [-0.3, -0.25) is 0 Å². The lowest BCUT2D eigenvalue weighted by Crippen LogP contribution is -2.24. The van der Waals surface area contributed by atoms with Crippen LogP contribution < -0.4 is 16.8 Å². The lowest BCUT2D eigenvalue weighted by atomic mass is 10.1. The summed E-state index contributed by atoms with van der Waals surface area (Å²) in [5, 5.41) is 11.0. The van der Waals surface area contributed by atoms with Crippen molar-refractivity contribution < 1.29 is 0 Å². The molecule has 0 aliphatic heterocycles. The molecular formula is C16H17N5S. The second kappa shape index (κ2) is 7.33. The number of anilines is 1. The number of hydrogen-bond donors (Lipinski definition) is 3. The van der Waals surface area contributed by atoms with Gasteiger partial charge < -0.3 is 16.8 Å². The molecule has 0 spiro atoms. The quantitative estimate of drug-likeness (QED) is 0.350. The first kappa shape index (κ1) is 15.7. The average Bonchev–Trinajstić information content (AvgIpc) is 2.50. The smallest absolute Gasteiger partial charge is 0.211 e. The zero-order valence-corrected chi connectivity index (χ0v) is 13.0. The summed E-state index contributed by atoms with van der Waals surface area (Å²) in [7, 11) is 0. The van der Waals surface area contributed by atoms with Crippen molar-refractivity contribution in [1.29, 1.82) is 0 Å². The van der Waals surface area contributed by atoms with Gasteiger partial charge in [-0.1, -0.05) is 60.7 Å². The molecule has 22 heavy (non-hydrogen) atoms. The van der Waals surface area contributed by atoms with Crippen molar-refractivity contribution in [2.45, 2.75) is 6.92 Å². The maximum absolute atomic E-state index is 5.46. The van der Waals surface area contributed by atoms with E-state index in [2.05, 4.69) is 15.5 Å². The average molecular weight is 311 g/mol. The molecule has 0 fully saturated rings. The van der Waals surface area contributed by atoms with Crippen LogP contribution in [0.2, 0.25) is 0 Å². The summed E-state index contributed by atoms with van der Waals surface area (Å²) < 4.78 is 0. The predicted octanol–water partition coefficient (Wildman–Crippen LogP) is 2.41. The number of thiocarbonyl (C=S) groups is 1. The predicted molar refractivity (Wildman–Crippen MR) is 96.2 cm³/mol. The van der Waals surface area contributed by atoms with E-state index in [1.807, 2.05) is 61.5 Å². The Balaban J connectivity index is 2.34. The first-order valence-corrected chi connectivity index (χ1v) is 7.07. The number of nitrogens with one attached hydrogen (secondary N) is 1. The minimum absolute atomic E-state index is 0.118. The summed E-state index contributed by atoms with van der Waals surface area (Å²) in [6, 6.07) is 17.4. The van der Waals surface area contributed by atoms with E-state index in [0.717, 1.165) is 16.8 Å². The third kappa shape index (κ3) is 4.13. The zero-order valence-electron chi connectivity index (χ0n) is 12.2. The van der Waals surface area contributed by atoms with Gasteiger partial charge in [0.05, 0.1) is 0 Å². The summed E-state index contributed by atoms with van der Waals surface area (Å²) >= 11 is 5.46. The van der Waals surface area contributed by atoms with Crippen molar-refractivity contribution in [2.24, 2.45) is 21.7 Å². The first-order valence-electron chi connectivity index (χ1n) is 6.67. The molecule has 6 heteroatoms. The SMILES string of the molecule is Cc1ccccc1NC(=S)/C(=N\N=C(N)N)c1ccccc1. The number of rotatable bonds is 4. The molecule has 0 unspecified atom stereocenters. The van der Waals surface area contributed by atoms with Crippen LogP contribution in [0.4, 0.5) is 5.69 Å². The molecule has 112 valence electrons. The molecule has 0 aromatic heterocycles. The molecular weight excluding hydrogens is 294 g/mol.